The van der Waals surface area contributed by atoms with Gasteiger partial charge in [-0.25, -0.2) is 8.42 Å². The molecule has 0 fully saturated rings. The monoisotopic (exact) mass is 390 g/mol. The number of rotatable bonds is 4. The van der Waals surface area contributed by atoms with Crippen molar-refractivity contribution in [2.45, 2.75) is 58.0 Å². The lowest BCUT2D eigenvalue weighted by Crippen LogP contribution is -2.42. The molecule has 3 rings (SSSR count). The minimum atomic E-state index is -3.75. The number of fused-ring (bicyclic) bond motifs is 1. The van der Waals surface area contributed by atoms with E-state index in [1.807, 2.05) is 45.0 Å². The van der Waals surface area contributed by atoms with Crippen LogP contribution in [-0.4, -0.2) is 36.2 Å². The summed E-state index contributed by atoms with van der Waals surface area (Å²) in [4.78, 5) is 12.4. The average Bonchev–Trinajstić information content (AvgIpc) is 3.07. The van der Waals surface area contributed by atoms with E-state index < -0.39 is 10.0 Å². The first-order chi connectivity index (χ1) is 12.5. The summed E-state index contributed by atoms with van der Waals surface area (Å²) in [6.07, 6.45) is 0.690. The average molecular weight is 391 g/mol. The van der Waals surface area contributed by atoms with Crippen LogP contribution < -0.4 is 9.62 Å². The van der Waals surface area contributed by atoms with Crippen LogP contribution in [0.1, 0.15) is 37.7 Å². The van der Waals surface area contributed by atoms with Gasteiger partial charge in [0.25, 0.3) is 10.0 Å². The topological polar surface area (TPSA) is 84.3 Å². The van der Waals surface area contributed by atoms with Crippen molar-refractivity contribution >= 4 is 21.6 Å². The summed E-state index contributed by atoms with van der Waals surface area (Å²) in [5, 5.41) is 7.19. The Bertz CT molecular complexity index is 987. The maximum atomic E-state index is 13.3. The van der Waals surface area contributed by atoms with Crippen LogP contribution in [0.4, 0.5) is 5.69 Å². The third kappa shape index (κ3) is 3.71. The highest BCUT2D eigenvalue weighted by Gasteiger charge is 2.35. The first kappa shape index (κ1) is 19.4. The molecule has 0 spiro atoms. The molecule has 1 aliphatic heterocycles. The summed E-state index contributed by atoms with van der Waals surface area (Å²) in [6.45, 7) is 9.44. The van der Waals surface area contributed by atoms with Crippen LogP contribution >= 0.6 is 0 Å². The van der Waals surface area contributed by atoms with Gasteiger partial charge in [-0.05, 0) is 52.7 Å². The molecule has 0 unspecified atom stereocenters. The highest BCUT2D eigenvalue weighted by molar-refractivity contribution is 7.93. The molecule has 2 heterocycles. The van der Waals surface area contributed by atoms with E-state index in [0.29, 0.717) is 24.4 Å². The summed E-state index contributed by atoms with van der Waals surface area (Å²) >= 11 is 0. The number of aryl methyl sites for hydroxylation is 1. The number of carbonyl (C=O) groups excluding carboxylic acids is 1. The van der Waals surface area contributed by atoms with E-state index in [2.05, 4.69) is 10.4 Å². The molecule has 146 valence electrons. The third-order valence-corrected chi connectivity index (χ3v) is 6.58. The third-order valence-electron chi connectivity index (χ3n) is 4.52. The Morgan fingerprint density at radius 3 is 2.56 bits per heavy atom. The van der Waals surface area contributed by atoms with Gasteiger partial charge in [-0.1, -0.05) is 18.2 Å². The van der Waals surface area contributed by atoms with Gasteiger partial charge in [0.1, 0.15) is 11.4 Å². The molecule has 1 N–H and O–H groups in total. The quantitative estimate of drug-likeness (QED) is 0.867. The Balaban J connectivity index is 1.94. The Morgan fingerprint density at radius 1 is 1.22 bits per heavy atom. The summed E-state index contributed by atoms with van der Waals surface area (Å²) in [5.74, 6) is -0.205. The number of anilines is 1. The lowest BCUT2D eigenvalue weighted by molar-refractivity contribution is -0.123. The van der Waals surface area contributed by atoms with Crippen molar-refractivity contribution in [2.24, 2.45) is 0 Å². The zero-order valence-electron chi connectivity index (χ0n) is 16.4. The number of sulfonamides is 1. The number of aromatic nitrogens is 2. The number of hydrogen-bond acceptors (Lipinski definition) is 4. The van der Waals surface area contributed by atoms with E-state index in [0.717, 1.165) is 11.3 Å². The predicted octanol–water partition coefficient (Wildman–Crippen LogP) is 2.17. The number of nitrogens with one attached hydrogen (secondary N) is 1. The van der Waals surface area contributed by atoms with Crippen molar-refractivity contribution < 1.29 is 13.2 Å². The fourth-order valence-electron chi connectivity index (χ4n) is 3.47. The maximum Gasteiger partial charge on any atom is 0.268 e. The van der Waals surface area contributed by atoms with Gasteiger partial charge >= 0.3 is 0 Å². The number of hydrogen-bond donors (Lipinski definition) is 1. The van der Waals surface area contributed by atoms with Gasteiger partial charge in [-0.2, -0.15) is 5.10 Å². The second-order valence-corrected chi connectivity index (χ2v) is 9.71. The second kappa shape index (κ2) is 6.67. The molecule has 1 aromatic heterocycles. The van der Waals surface area contributed by atoms with Crippen LogP contribution in [0.2, 0.25) is 0 Å². The molecule has 0 bridgehead atoms. The van der Waals surface area contributed by atoms with Crippen LogP contribution in [0, 0.1) is 13.8 Å². The van der Waals surface area contributed by atoms with E-state index in [1.54, 1.807) is 13.8 Å². The Hall–Kier alpha value is -2.35. The molecule has 27 heavy (non-hydrogen) atoms. The summed E-state index contributed by atoms with van der Waals surface area (Å²) in [6, 6.07) is 7.53. The SMILES string of the molecule is Cc1nn(CC(=O)NC(C)(C)C)c(C)c1S(=O)(=O)N1CCc2ccccc21. The molecule has 2 aromatic rings. The van der Waals surface area contributed by atoms with Crippen LogP contribution in [0.15, 0.2) is 29.2 Å². The van der Waals surface area contributed by atoms with E-state index in [9.17, 15) is 13.2 Å². The van der Waals surface area contributed by atoms with E-state index in [4.69, 9.17) is 0 Å². The second-order valence-electron chi connectivity index (χ2n) is 7.91. The predicted molar refractivity (Wildman–Crippen MR) is 104 cm³/mol. The molecule has 7 nitrogen and oxygen atoms in total. The molecule has 1 aliphatic rings. The van der Waals surface area contributed by atoms with Crippen molar-refractivity contribution in [3.05, 3.63) is 41.2 Å². The molecule has 0 saturated carbocycles. The fraction of sp³-hybridized carbons (Fsp3) is 0.474. The van der Waals surface area contributed by atoms with Gasteiger partial charge in [0.05, 0.1) is 17.1 Å². The van der Waals surface area contributed by atoms with Gasteiger partial charge in [-0.3, -0.25) is 13.8 Å². The minimum absolute atomic E-state index is 0.0178. The number of benzene rings is 1. The minimum Gasteiger partial charge on any atom is -0.350 e. The lowest BCUT2D eigenvalue weighted by Gasteiger charge is -2.21. The molecule has 1 aromatic carbocycles. The van der Waals surface area contributed by atoms with E-state index >= 15 is 0 Å². The molecule has 1 amide bonds. The largest absolute Gasteiger partial charge is 0.350 e. The van der Waals surface area contributed by atoms with Crippen molar-refractivity contribution in [3.8, 4) is 0 Å². The number of nitrogens with zero attached hydrogens (tertiary/aromatic N) is 3. The molecule has 8 heteroatoms. The van der Waals surface area contributed by atoms with Gasteiger partial charge < -0.3 is 5.32 Å². The van der Waals surface area contributed by atoms with E-state index in [1.165, 1.54) is 8.99 Å². The Labute approximate surface area is 160 Å². The van der Waals surface area contributed by atoms with E-state index in [-0.39, 0.29) is 22.9 Å². The number of amides is 1. The van der Waals surface area contributed by atoms with Crippen LogP contribution in [0.25, 0.3) is 0 Å². The first-order valence-electron chi connectivity index (χ1n) is 8.96. The molecule has 0 saturated heterocycles. The molecular weight excluding hydrogens is 364 g/mol. The van der Waals surface area contributed by atoms with Crippen molar-refractivity contribution in [3.63, 3.8) is 0 Å². The highest BCUT2D eigenvalue weighted by atomic mass is 32.2. The zero-order chi connectivity index (χ0) is 20.0. The summed E-state index contributed by atoms with van der Waals surface area (Å²) < 4.78 is 29.6. The maximum absolute atomic E-state index is 13.3. The normalized spacial score (nSPS) is 14.3. The molecule has 0 atom stereocenters. The Kier molecular flexibility index (Phi) is 4.80. The van der Waals surface area contributed by atoms with Crippen molar-refractivity contribution in [2.75, 3.05) is 10.8 Å². The number of para-hydroxylation sites is 1. The van der Waals surface area contributed by atoms with Gasteiger partial charge in [0.15, 0.2) is 0 Å². The Morgan fingerprint density at radius 2 is 1.89 bits per heavy atom. The van der Waals surface area contributed by atoms with Crippen molar-refractivity contribution in [1.29, 1.82) is 0 Å². The van der Waals surface area contributed by atoms with Crippen molar-refractivity contribution in [1.82, 2.24) is 15.1 Å². The molecule has 0 radical (unpaired) electrons. The van der Waals surface area contributed by atoms with Crippen LogP contribution in [0.3, 0.4) is 0 Å². The van der Waals surface area contributed by atoms with Gasteiger partial charge in [0, 0.05) is 12.1 Å². The van der Waals surface area contributed by atoms with Crippen LogP contribution in [0.5, 0.6) is 0 Å². The smallest absolute Gasteiger partial charge is 0.268 e. The summed E-state index contributed by atoms with van der Waals surface area (Å²) in [7, 11) is -3.75. The van der Waals surface area contributed by atoms with Crippen LogP contribution in [-0.2, 0) is 27.8 Å². The standard InChI is InChI=1S/C19H26N4O3S/c1-13-18(14(2)22(21-13)12-17(24)20-19(3,4)5)27(25,26)23-11-10-15-8-6-7-9-16(15)23/h6-9H,10-12H2,1-5H3,(H,20,24). The van der Waals surface area contributed by atoms with Gasteiger partial charge in [-0.15, -0.1) is 0 Å². The van der Waals surface area contributed by atoms with Gasteiger partial charge in [0.2, 0.25) is 5.91 Å². The lowest BCUT2D eigenvalue weighted by atomic mass is 10.1. The molecule has 0 aliphatic carbocycles. The zero-order valence-corrected chi connectivity index (χ0v) is 17.2. The summed E-state index contributed by atoms with van der Waals surface area (Å²) in [5.41, 5.74) is 2.26. The fourth-order valence-corrected chi connectivity index (χ4v) is 5.35. The first-order valence-corrected chi connectivity index (χ1v) is 10.4. The number of carbonyl (C=O) groups is 1. The molecular formula is C19H26N4O3S. The highest BCUT2D eigenvalue weighted by Crippen LogP contribution is 2.34.